The zero-order valence-electron chi connectivity index (χ0n) is 14.8. The SMILES string of the molecule is Cc1cc(=O)[nH]c2ccc(NC(=O)c3cccnc3N3CCC(F)C3)cc12. The number of benzene rings is 1. The maximum atomic E-state index is 13.6. The first-order valence-corrected chi connectivity index (χ1v) is 8.80. The van der Waals surface area contributed by atoms with Gasteiger partial charge in [-0.25, -0.2) is 9.37 Å². The molecule has 4 rings (SSSR count). The molecule has 1 amide bonds. The second kappa shape index (κ2) is 6.83. The summed E-state index contributed by atoms with van der Waals surface area (Å²) in [7, 11) is 0. The first-order valence-electron chi connectivity index (χ1n) is 8.80. The van der Waals surface area contributed by atoms with E-state index in [1.807, 2.05) is 13.0 Å². The maximum absolute atomic E-state index is 13.6. The second-order valence-electron chi connectivity index (χ2n) is 6.74. The van der Waals surface area contributed by atoms with E-state index in [2.05, 4.69) is 15.3 Å². The number of aromatic nitrogens is 2. The number of hydrogen-bond donors (Lipinski definition) is 2. The molecule has 1 aliphatic heterocycles. The lowest BCUT2D eigenvalue weighted by atomic mass is 10.1. The third kappa shape index (κ3) is 3.40. The van der Waals surface area contributed by atoms with Crippen LogP contribution in [-0.2, 0) is 0 Å². The predicted octanol–water partition coefficient (Wildman–Crippen LogP) is 3.03. The van der Waals surface area contributed by atoms with E-state index >= 15 is 0 Å². The summed E-state index contributed by atoms with van der Waals surface area (Å²) in [4.78, 5) is 33.3. The number of H-pyrrole nitrogens is 1. The molecule has 1 aromatic carbocycles. The number of fused-ring (bicyclic) bond motifs is 1. The van der Waals surface area contributed by atoms with Crippen molar-refractivity contribution in [2.45, 2.75) is 19.5 Å². The van der Waals surface area contributed by atoms with Crippen LogP contribution in [0, 0.1) is 6.92 Å². The molecule has 3 heterocycles. The molecule has 2 aromatic heterocycles. The molecule has 0 spiro atoms. The van der Waals surface area contributed by atoms with Crippen LogP contribution >= 0.6 is 0 Å². The number of nitrogens with one attached hydrogen (secondary N) is 2. The minimum Gasteiger partial charge on any atom is -0.353 e. The molecule has 7 heteroatoms. The standard InChI is InChI=1S/C20H19FN4O2/c1-12-9-18(26)24-17-5-4-14(10-16(12)17)23-20(27)15-3-2-7-22-19(15)25-8-6-13(21)11-25/h2-5,7,9-10,13H,6,8,11H2,1H3,(H,23,27)(H,24,26). The Morgan fingerprint density at radius 1 is 1.33 bits per heavy atom. The number of anilines is 2. The van der Waals surface area contributed by atoms with Gasteiger partial charge in [-0.2, -0.15) is 0 Å². The highest BCUT2D eigenvalue weighted by atomic mass is 19.1. The van der Waals surface area contributed by atoms with E-state index < -0.39 is 6.17 Å². The molecule has 1 unspecified atom stereocenters. The van der Waals surface area contributed by atoms with Crippen LogP contribution in [0.2, 0.25) is 0 Å². The van der Waals surface area contributed by atoms with E-state index in [1.54, 1.807) is 35.4 Å². The van der Waals surface area contributed by atoms with Crippen LogP contribution < -0.4 is 15.8 Å². The molecule has 1 fully saturated rings. The van der Waals surface area contributed by atoms with E-state index in [9.17, 15) is 14.0 Å². The van der Waals surface area contributed by atoms with Gasteiger partial charge in [0.25, 0.3) is 5.91 Å². The van der Waals surface area contributed by atoms with Gasteiger partial charge < -0.3 is 15.2 Å². The molecule has 1 aliphatic rings. The fraction of sp³-hybridized carbons (Fsp3) is 0.250. The van der Waals surface area contributed by atoms with Gasteiger partial charge in [0.2, 0.25) is 5.56 Å². The van der Waals surface area contributed by atoms with Crippen molar-refractivity contribution < 1.29 is 9.18 Å². The molecule has 27 heavy (non-hydrogen) atoms. The number of carbonyl (C=O) groups excluding carboxylic acids is 1. The highest BCUT2D eigenvalue weighted by Crippen LogP contribution is 2.25. The Kier molecular flexibility index (Phi) is 4.35. The Morgan fingerprint density at radius 3 is 2.96 bits per heavy atom. The summed E-state index contributed by atoms with van der Waals surface area (Å²) in [5.41, 5.74) is 2.41. The van der Waals surface area contributed by atoms with Crippen LogP contribution in [0.25, 0.3) is 10.9 Å². The average molecular weight is 366 g/mol. The van der Waals surface area contributed by atoms with E-state index in [4.69, 9.17) is 0 Å². The minimum atomic E-state index is -0.895. The number of alkyl halides is 1. The number of carbonyl (C=O) groups is 1. The van der Waals surface area contributed by atoms with Gasteiger partial charge in [-0.05, 0) is 49.2 Å². The first kappa shape index (κ1) is 17.2. The predicted molar refractivity (Wildman–Crippen MR) is 103 cm³/mol. The second-order valence-corrected chi connectivity index (χ2v) is 6.74. The van der Waals surface area contributed by atoms with Crippen LogP contribution in [0.1, 0.15) is 22.3 Å². The summed E-state index contributed by atoms with van der Waals surface area (Å²) in [5, 5.41) is 3.74. The van der Waals surface area contributed by atoms with Gasteiger partial charge >= 0.3 is 0 Å². The van der Waals surface area contributed by atoms with Crippen molar-refractivity contribution in [1.82, 2.24) is 9.97 Å². The van der Waals surface area contributed by atoms with Gasteiger partial charge in [-0.3, -0.25) is 9.59 Å². The Balaban J connectivity index is 1.63. The number of nitrogens with zero attached hydrogens (tertiary/aromatic N) is 2. The van der Waals surface area contributed by atoms with Crippen molar-refractivity contribution in [3.05, 3.63) is 64.1 Å². The summed E-state index contributed by atoms with van der Waals surface area (Å²) < 4.78 is 13.6. The van der Waals surface area contributed by atoms with Crippen LogP contribution in [0.15, 0.2) is 47.4 Å². The molecule has 0 saturated carbocycles. The molecular formula is C20H19FN4O2. The third-order valence-electron chi connectivity index (χ3n) is 4.77. The zero-order valence-corrected chi connectivity index (χ0v) is 14.8. The maximum Gasteiger partial charge on any atom is 0.259 e. The van der Waals surface area contributed by atoms with Gasteiger partial charge in [0.15, 0.2) is 0 Å². The molecule has 0 bridgehead atoms. The van der Waals surface area contributed by atoms with Crippen molar-refractivity contribution in [3.63, 3.8) is 0 Å². The molecule has 2 N–H and O–H groups in total. The number of aryl methyl sites for hydroxylation is 1. The van der Waals surface area contributed by atoms with E-state index in [0.717, 1.165) is 10.9 Å². The quantitative estimate of drug-likeness (QED) is 0.747. The number of amides is 1. The van der Waals surface area contributed by atoms with Crippen molar-refractivity contribution in [3.8, 4) is 0 Å². The fourth-order valence-electron chi connectivity index (χ4n) is 3.44. The molecule has 0 aliphatic carbocycles. The molecule has 3 aromatic rings. The highest BCUT2D eigenvalue weighted by molar-refractivity contribution is 6.08. The fourth-order valence-corrected chi connectivity index (χ4v) is 3.44. The molecule has 1 saturated heterocycles. The summed E-state index contributed by atoms with van der Waals surface area (Å²) in [6, 6.07) is 10.2. The van der Waals surface area contributed by atoms with Gasteiger partial charge in [0, 0.05) is 35.4 Å². The Hall–Kier alpha value is -3.22. The van der Waals surface area contributed by atoms with Gasteiger partial charge in [0.1, 0.15) is 12.0 Å². The Morgan fingerprint density at radius 2 is 2.19 bits per heavy atom. The minimum absolute atomic E-state index is 0.159. The van der Waals surface area contributed by atoms with Crippen LogP contribution in [0.4, 0.5) is 15.9 Å². The number of pyridine rings is 2. The zero-order chi connectivity index (χ0) is 19.0. The topological polar surface area (TPSA) is 78.1 Å². The van der Waals surface area contributed by atoms with E-state index in [1.165, 1.54) is 6.07 Å². The monoisotopic (exact) mass is 366 g/mol. The Bertz CT molecular complexity index is 1080. The third-order valence-corrected chi connectivity index (χ3v) is 4.77. The lowest BCUT2D eigenvalue weighted by molar-refractivity contribution is 0.102. The lowest BCUT2D eigenvalue weighted by Crippen LogP contribution is -2.25. The Labute approximate surface area is 155 Å². The largest absolute Gasteiger partial charge is 0.353 e. The smallest absolute Gasteiger partial charge is 0.259 e. The first-order chi connectivity index (χ1) is 13.0. The molecular weight excluding hydrogens is 347 g/mol. The number of rotatable bonds is 3. The lowest BCUT2D eigenvalue weighted by Gasteiger charge is -2.19. The van der Waals surface area contributed by atoms with Crippen LogP contribution in [0.3, 0.4) is 0 Å². The van der Waals surface area contributed by atoms with Gasteiger partial charge in [-0.15, -0.1) is 0 Å². The summed E-state index contributed by atoms with van der Waals surface area (Å²) in [5.74, 6) is 0.193. The number of aromatic amines is 1. The molecule has 138 valence electrons. The van der Waals surface area contributed by atoms with E-state index in [-0.39, 0.29) is 18.0 Å². The van der Waals surface area contributed by atoms with Crippen molar-refractivity contribution >= 4 is 28.3 Å². The van der Waals surface area contributed by atoms with Gasteiger partial charge in [0.05, 0.1) is 12.1 Å². The van der Waals surface area contributed by atoms with Gasteiger partial charge in [-0.1, -0.05) is 0 Å². The molecule has 0 radical (unpaired) electrons. The summed E-state index contributed by atoms with van der Waals surface area (Å²) >= 11 is 0. The normalized spacial score (nSPS) is 16.7. The molecule has 6 nitrogen and oxygen atoms in total. The summed E-state index contributed by atoms with van der Waals surface area (Å²) in [6.07, 6.45) is 1.15. The molecule has 1 atom stereocenters. The average Bonchev–Trinajstić information content (AvgIpc) is 3.08. The highest BCUT2D eigenvalue weighted by Gasteiger charge is 2.26. The van der Waals surface area contributed by atoms with Crippen molar-refractivity contribution in [2.75, 3.05) is 23.3 Å². The van der Waals surface area contributed by atoms with Crippen LogP contribution in [0.5, 0.6) is 0 Å². The van der Waals surface area contributed by atoms with E-state index in [0.29, 0.717) is 35.6 Å². The summed E-state index contributed by atoms with van der Waals surface area (Å²) in [6.45, 7) is 2.64. The van der Waals surface area contributed by atoms with Crippen LogP contribution in [-0.4, -0.2) is 35.1 Å². The number of hydrogen-bond acceptors (Lipinski definition) is 4. The van der Waals surface area contributed by atoms with Crippen molar-refractivity contribution in [2.24, 2.45) is 0 Å². The van der Waals surface area contributed by atoms with Crippen molar-refractivity contribution in [1.29, 1.82) is 0 Å². The number of halogens is 1.